The Morgan fingerprint density at radius 2 is 1.76 bits per heavy atom. The minimum atomic E-state index is -4.65. The van der Waals surface area contributed by atoms with Crippen LogP contribution < -0.4 is 16.1 Å². The maximum Gasteiger partial charge on any atom is 0.417 e. The van der Waals surface area contributed by atoms with Crippen molar-refractivity contribution in [2.75, 3.05) is 30.8 Å². The van der Waals surface area contributed by atoms with E-state index >= 15 is 0 Å². The van der Waals surface area contributed by atoms with Crippen molar-refractivity contribution in [3.63, 3.8) is 0 Å². The normalized spacial score (nSPS) is 17.5. The van der Waals surface area contributed by atoms with Crippen LogP contribution >= 0.6 is 11.8 Å². The van der Waals surface area contributed by atoms with E-state index in [0.717, 1.165) is 18.2 Å². The van der Waals surface area contributed by atoms with E-state index in [1.165, 1.54) is 39.1 Å². The van der Waals surface area contributed by atoms with Crippen LogP contribution in [0, 0.1) is 11.2 Å². The zero-order valence-corrected chi connectivity index (χ0v) is 29.2. The number of aryl methyl sites for hydroxylation is 1. The fraction of sp³-hybridized carbons (Fsp3) is 0.361. The summed E-state index contributed by atoms with van der Waals surface area (Å²) in [5, 5.41) is 7.68. The van der Waals surface area contributed by atoms with Gasteiger partial charge in [-0.2, -0.15) is 18.2 Å². The quantitative estimate of drug-likeness (QED) is 0.144. The summed E-state index contributed by atoms with van der Waals surface area (Å²) in [5.41, 5.74) is -0.287. The number of nitrogens with one attached hydrogen (secondary N) is 1. The first-order chi connectivity index (χ1) is 23.7. The first-order valence-electron chi connectivity index (χ1n) is 16.1. The minimum Gasteiger partial charge on any atom is -0.353 e. The Balaban J connectivity index is 0.000000312. The number of benzene rings is 2. The van der Waals surface area contributed by atoms with Crippen LogP contribution in [0.2, 0.25) is 0 Å². The average Bonchev–Trinajstić information content (AvgIpc) is 3.32. The number of carbonyl (C=O) groups is 2. The molecule has 1 fully saturated rings. The number of thioether (sulfide) groups is 1. The topological polar surface area (TPSA) is 104 Å². The molecule has 0 bridgehead atoms. The molecule has 2 aromatic heterocycles. The largest absolute Gasteiger partial charge is 0.417 e. The van der Waals surface area contributed by atoms with Gasteiger partial charge in [0.2, 0.25) is 5.91 Å². The van der Waals surface area contributed by atoms with Crippen LogP contribution in [0.25, 0.3) is 22.0 Å². The van der Waals surface area contributed by atoms with E-state index in [0.29, 0.717) is 66.1 Å². The predicted octanol–water partition coefficient (Wildman–Crippen LogP) is 6.64. The molecule has 14 heteroatoms. The van der Waals surface area contributed by atoms with Gasteiger partial charge in [-0.15, -0.1) is 11.8 Å². The fourth-order valence-corrected chi connectivity index (χ4v) is 7.12. The van der Waals surface area contributed by atoms with E-state index in [1.54, 1.807) is 31.3 Å². The molecule has 1 saturated heterocycles. The maximum absolute atomic E-state index is 14.5. The molecule has 0 aliphatic carbocycles. The van der Waals surface area contributed by atoms with Crippen molar-refractivity contribution >= 4 is 40.7 Å². The summed E-state index contributed by atoms with van der Waals surface area (Å²) in [5.74, 6) is 0.288. The van der Waals surface area contributed by atoms with E-state index in [2.05, 4.69) is 30.3 Å². The molecule has 0 spiro atoms. The van der Waals surface area contributed by atoms with E-state index in [4.69, 9.17) is 10.2 Å². The zero-order valence-electron chi connectivity index (χ0n) is 28.3. The summed E-state index contributed by atoms with van der Waals surface area (Å²) < 4.78 is 60.0. The number of rotatable bonds is 4. The third-order valence-corrected chi connectivity index (χ3v) is 9.77. The lowest BCUT2D eigenvalue weighted by Gasteiger charge is -2.43. The molecule has 0 saturated carbocycles. The van der Waals surface area contributed by atoms with Gasteiger partial charge in [-0.25, -0.2) is 9.18 Å². The Labute approximate surface area is 291 Å². The van der Waals surface area contributed by atoms with Gasteiger partial charge in [0.15, 0.2) is 0 Å². The van der Waals surface area contributed by atoms with Crippen molar-refractivity contribution in [2.24, 2.45) is 0 Å². The summed E-state index contributed by atoms with van der Waals surface area (Å²) >= 11 is 1.32. The number of allylic oxidation sites excluding steroid dienone is 1. The molecule has 1 N–H and O–H groups in total. The number of halogens is 4. The van der Waals surface area contributed by atoms with E-state index in [1.807, 2.05) is 11.9 Å². The van der Waals surface area contributed by atoms with Crippen LogP contribution in [-0.4, -0.2) is 69.2 Å². The highest BCUT2D eigenvalue weighted by atomic mass is 32.2. The summed E-state index contributed by atoms with van der Waals surface area (Å²) in [6.45, 7) is 10.5. The number of aldehydes is 1. The smallest absolute Gasteiger partial charge is 0.353 e. The summed E-state index contributed by atoms with van der Waals surface area (Å²) in [6.07, 6.45) is -0.154. The number of carbonyl (C=O) groups excluding carboxylic acids is 2. The van der Waals surface area contributed by atoms with Gasteiger partial charge in [0.25, 0.3) is 0 Å². The molecule has 6 rings (SSSR count). The SMILES string of the molecule is C=CC=O.CC1CN(c2nc(=O)n3c4c(c(-c5ccc(F)cc5)c(C(F)(F)F)cc24)SCCC3)CC(C)N1C.CCC(=O)n1ccccc1=N. The number of likely N-dealkylation sites (N-methyl/N-ethyl adjacent to an activating group) is 1. The second-order valence-electron chi connectivity index (χ2n) is 11.9. The Bertz CT molecular complexity index is 1960. The van der Waals surface area contributed by atoms with Gasteiger partial charge in [0.1, 0.15) is 23.4 Å². The summed E-state index contributed by atoms with van der Waals surface area (Å²) in [4.78, 5) is 42.2. The van der Waals surface area contributed by atoms with Gasteiger partial charge < -0.3 is 4.90 Å². The Morgan fingerprint density at radius 3 is 2.32 bits per heavy atom. The molecule has 2 unspecified atom stereocenters. The average molecular weight is 713 g/mol. The van der Waals surface area contributed by atoms with Gasteiger partial charge in [0.05, 0.1) is 11.1 Å². The molecule has 2 aliphatic rings. The number of alkyl halides is 3. The number of nitrogens with zero attached hydrogens (tertiary/aromatic N) is 5. The van der Waals surface area contributed by atoms with Gasteiger partial charge >= 0.3 is 11.9 Å². The van der Waals surface area contributed by atoms with Gasteiger partial charge in [-0.05, 0) is 75.0 Å². The Kier molecular flexibility index (Phi) is 12.6. The number of hydrogen-bond acceptors (Lipinski definition) is 8. The lowest BCUT2D eigenvalue weighted by molar-refractivity contribution is -0.137. The standard InChI is InChI=1S/C25H26F4N4OS.C8H10N2O.C3H4O/c1-14-12-32(13-15(2)31(14)3)23-18-11-19(25(27,28)29)20(16-5-7-17(26)8-6-16)22-21(18)33(24(34)30-23)9-4-10-35-22;1-2-8(11)10-6-4-3-5-7(10)9;1-2-3-4/h5-8,11,14-15H,4,9-10,12-13H2,1-3H3;3-6,9H,2H2,1H3;2-3H,1H2. The number of hydrogen-bond donors (Lipinski definition) is 1. The molecular weight excluding hydrogens is 672 g/mol. The molecule has 2 aliphatic heterocycles. The van der Waals surface area contributed by atoms with Crippen LogP contribution in [0.5, 0.6) is 0 Å². The highest BCUT2D eigenvalue weighted by Gasteiger charge is 2.38. The lowest BCUT2D eigenvalue weighted by Crippen LogP contribution is -2.55. The molecule has 9 nitrogen and oxygen atoms in total. The van der Waals surface area contributed by atoms with Crippen LogP contribution in [0.1, 0.15) is 44.0 Å². The lowest BCUT2D eigenvalue weighted by atomic mass is 9.96. The Hall–Kier alpha value is -4.56. The molecular formula is C36H40F4N6O3S. The van der Waals surface area contributed by atoms with Crippen molar-refractivity contribution in [1.29, 1.82) is 5.41 Å². The van der Waals surface area contributed by atoms with E-state index in [-0.39, 0.29) is 34.6 Å². The third kappa shape index (κ3) is 8.41. The van der Waals surface area contributed by atoms with Crippen LogP contribution in [0.4, 0.5) is 23.4 Å². The van der Waals surface area contributed by atoms with E-state index in [9.17, 15) is 27.2 Å². The number of aromatic nitrogens is 3. The second-order valence-corrected chi connectivity index (χ2v) is 13.0. The van der Waals surface area contributed by atoms with Crippen LogP contribution in [0.15, 0.2) is 77.1 Å². The number of piperazine rings is 1. The number of anilines is 1. The van der Waals surface area contributed by atoms with Gasteiger partial charge in [-0.3, -0.25) is 29.0 Å². The van der Waals surface area contributed by atoms with Crippen LogP contribution in [-0.2, 0) is 17.5 Å². The maximum atomic E-state index is 14.5. The first kappa shape index (κ1) is 38.2. The van der Waals surface area contributed by atoms with Crippen molar-refractivity contribution in [3.8, 4) is 11.1 Å². The molecule has 4 heterocycles. The van der Waals surface area contributed by atoms with Crippen molar-refractivity contribution in [1.82, 2.24) is 19.0 Å². The Morgan fingerprint density at radius 1 is 1.12 bits per heavy atom. The first-order valence-corrected chi connectivity index (χ1v) is 17.1. The molecule has 2 aromatic carbocycles. The molecule has 266 valence electrons. The van der Waals surface area contributed by atoms with Gasteiger partial charge in [-0.1, -0.05) is 31.7 Å². The molecule has 2 atom stereocenters. The van der Waals surface area contributed by atoms with E-state index < -0.39 is 23.2 Å². The summed E-state index contributed by atoms with van der Waals surface area (Å²) in [7, 11) is 2.02. The zero-order chi connectivity index (χ0) is 36.7. The third-order valence-electron chi connectivity index (χ3n) is 8.60. The molecule has 0 amide bonds. The fourth-order valence-electron chi connectivity index (χ4n) is 5.91. The highest BCUT2D eigenvalue weighted by molar-refractivity contribution is 7.99. The molecule has 0 radical (unpaired) electrons. The van der Waals surface area contributed by atoms with Crippen LogP contribution in [0.3, 0.4) is 0 Å². The van der Waals surface area contributed by atoms with Gasteiger partial charge in [0, 0.05) is 60.2 Å². The van der Waals surface area contributed by atoms with Crippen molar-refractivity contribution < 1.29 is 27.2 Å². The molecule has 50 heavy (non-hydrogen) atoms. The number of pyridine rings is 1. The van der Waals surface area contributed by atoms with Crippen molar-refractivity contribution in [3.05, 3.63) is 94.7 Å². The summed E-state index contributed by atoms with van der Waals surface area (Å²) in [6, 6.07) is 11.5. The highest BCUT2D eigenvalue weighted by Crippen LogP contribution is 2.48. The second kappa shape index (κ2) is 16.4. The van der Waals surface area contributed by atoms with Crippen molar-refractivity contribution in [2.45, 2.75) is 63.3 Å². The monoisotopic (exact) mass is 712 g/mol. The minimum absolute atomic E-state index is 0.0117. The predicted molar refractivity (Wildman–Crippen MR) is 188 cm³/mol. The molecule has 4 aromatic rings.